The maximum absolute atomic E-state index is 12.3. The molecule has 0 aliphatic heterocycles. The summed E-state index contributed by atoms with van der Waals surface area (Å²) in [7, 11) is 0. The number of fused-ring (bicyclic) bond motifs is 1. The summed E-state index contributed by atoms with van der Waals surface area (Å²) in [5.41, 5.74) is 2.35. The Morgan fingerprint density at radius 2 is 1.85 bits per heavy atom. The van der Waals surface area contributed by atoms with Gasteiger partial charge >= 0.3 is 0 Å². The van der Waals surface area contributed by atoms with E-state index >= 15 is 0 Å². The predicted octanol–water partition coefficient (Wildman–Crippen LogP) is 3.58. The second-order valence-corrected chi connectivity index (χ2v) is 6.95. The molecule has 3 heteroatoms. The first kappa shape index (κ1) is 13.2. The van der Waals surface area contributed by atoms with Crippen LogP contribution in [0.25, 0.3) is 10.9 Å². The molecule has 0 spiro atoms. The number of carbonyl (C=O) groups excluding carboxylic acids is 1. The van der Waals surface area contributed by atoms with Gasteiger partial charge in [-0.1, -0.05) is 45.9 Å². The van der Waals surface area contributed by atoms with Crippen molar-refractivity contribution in [2.75, 3.05) is 6.54 Å². The molecule has 3 rings (SSSR count). The number of H-pyrrole nitrogens is 1. The van der Waals surface area contributed by atoms with Crippen LogP contribution in [0.2, 0.25) is 0 Å². The van der Waals surface area contributed by atoms with Gasteiger partial charge in [0.05, 0.1) is 5.56 Å². The Kier molecular flexibility index (Phi) is 2.72. The molecule has 0 bridgehead atoms. The minimum absolute atomic E-state index is 0.0148. The van der Waals surface area contributed by atoms with Gasteiger partial charge in [-0.3, -0.25) is 4.79 Å². The van der Waals surface area contributed by atoms with Crippen LogP contribution in [-0.4, -0.2) is 17.4 Å². The van der Waals surface area contributed by atoms with Crippen LogP contribution >= 0.6 is 0 Å². The van der Waals surface area contributed by atoms with Gasteiger partial charge in [0.25, 0.3) is 5.91 Å². The number of rotatable bonds is 3. The second-order valence-electron chi connectivity index (χ2n) is 6.95. The van der Waals surface area contributed by atoms with E-state index in [0.29, 0.717) is 16.7 Å². The van der Waals surface area contributed by atoms with E-state index in [2.05, 4.69) is 38.0 Å². The van der Waals surface area contributed by atoms with Crippen molar-refractivity contribution in [2.45, 2.75) is 27.7 Å². The highest BCUT2D eigenvalue weighted by molar-refractivity contribution is 6.06. The molecule has 3 nitrogen and oxygen atoms in total. The van der Waals surface area contributed by atoms with Crippen molar-refractivity contribution in [1.29, 1.82) is 0 Å². The summed E-state index contributed by atoms with van der Waals surface area (Å²) in [6.07, 6.45) is 1.79. The highest BCUT2D eigenvalue weighted by Gasteiger charge is 2.64. The Morgan fingerprint density at radius 1 is 1.20 bits per heavy atom. The van der Waals surface area contributed by atoms with Gasteiger partial charge in [-0.2, -0.15) is 0 Å². The summed E-state index contributed by atoms with van der Waals surface area (Å²) < 4.78 is 0. The van der Waals surface area contributed by atoms with Gasteiger partial charge in [-0.25, -0.2) is 0 Å². The molecule has 1 aromatic heterocycles. The zero-order valence-electron chi connectivity index (χ0n) is 12.6. The zero-order chi connectivity index (χ0) is 14.5. The van der Waals surface area contributed by atoms with Crippen LogP contribution < -0.4 is 5.32 Å². The molecule has 1 fully saturated rings. The van der Waals surface area contributed by atoms with Gasteiger partial charge in [0, 0.05) is 23.6 Å². The standard InChI is InChI=1S/C17H22N2O/c1-16(2)14(17(16,3)4)10-19-15(20)12-9-18-13-8-6-5-7-11(12)13/h5-9,14,18H,10H2,1-4H3,(H,19,20). The number of para-hydroxylation sites is 1. The predicted molar refractivity (Wildman–Crippen MR) is 81.7 cm³/mol. The lowest BCUT2D eigenvalue weighted by molar-refractivity contribution is 0.0951. The van der Waals surface area contributed by atoms with Crippen LogP contribution in [0, 0.1) is 16.7 Å². The maximum Gasteiger partial charge on any atom is 0.253 e. The topological polar surface area (TPSA) is 44.9 Å². The van der Waals surface area contributed by atoms with E-state index in [-0.39, 0.29) is 5.91 Å². The Hall–Kier alpha value is -1.77. The molecule has 1 aliphatic carbocycles. The summed E-state index contributed by atoms with van der Waals surface area (Å²) in [5.74, 6) is 0.560. The first-order valence-electron chi connectivity index (χ1n) is 7.20. The molecule has 1 amide bonds. The molecule has 0 saturated heterocycles. The number of carbonyl (C=O) groups is 1. The molecule has 0 unspecified atom stereocenters. The molecule has 1 aliphatic rings. The molecule has 0 atom stereocenters. The fraction of sp³-hybridized carbons (Fsp3) is 0.471. The normalized spacial score (nSPS) is 20.0. The van der Waals surface area contributed by atoms with Crippen LogP contribution in [-0.2, 0) is 0 Å². The summed E-state index contributed by atoms with van der Waals surface area (Å²) in [5, 5.41) is 4.08. The van der Waals surface area contributed by atoms with Gasteiger partial charge < -0.3 is 10.3 Å². The number of hydrogen-bond donors (Lipinski definition) is 2. The number of amides is 1. The van der Waals surface area contributed by atoms with Crippen molar-refractivity contribution in [3.8, 4) is 0 Å². The average Bonchev–Trinajstić information content (AvgIpc) is 2.74. The van der Waals surface area contributed by atoms with Gasteiger partial charge in [0.15, 0.2) is 0 Å². The third-order valence-electron chi connectivity index (χ3n) is 5.62. The summed E-state index contributed by atoms with van der Waals surface area (Å²) >= 11 is 0. The lowest BCUT2D eigenvalue weighted by Gasteiger charge is -2.05. The first-order chi connectivity index (χ1) is 9.35. The molecule has 2 N–H and O–H groups in total. The van der Waals surface area contributed by atoms with Gasteiger partial charge in [0.2, 0.25) is 0 Å². The molecular weight excluding hydrogens is 248 g/mol. The second kappa shape index (κ2) is 4.11. The van der Waals surface area contributed by atoms with Gasteiger partial charge in [-0.05, 0) is 22.8 Å². The van der Waals surface area contributed by atoms with Gasteiger partial charge in [0.1, 0.15) is 0 Å². The van der Waals surface area contributed by atoms with E-state index in [4.69, 9.17) is 0 Å². The van der Waals surface area contributed by atoms with E-state index in [0.717, 1.165) is 23.0 Å². The Balaban J connectivity index is 1.72. The SMILES string of the molecule is CC1(C)C(CNC(=O)c2c[nH]c3ccccc23)C1(C)C. The first-order valence-corrected chi connectivity index (χ1v) is 7.20. The van der Waals surface area contributed by atoms with Crippen LogP contribution in [0.4, 0.5) is 0 Å². The number of aromatic nitrogens is 1. The molecule has 2 aromatic rings. The van der Waals surface area contributed by atoms with Crippen LogP contribution in [0.15, 0.2) is 30.5 Å². The van der Waals surface area contributed by atoms with Crippen molar-refractivity contribution in [2.24, 2.45) is 16.7 Å². The third kappa shape index (κ3) is 1.76. The lowest BCUT2D eigenvalue weighted by Crippen LogP contribution is -2.26. The maximum atomic E-state index is 12.3. The zero-order valence-corrected chi connectivity index (χ0v) is 12.6. The minimum atomic E-state index is 0.0148. The smallest absolute Gasteiger partial charge is 0.253 e. The fourth-order valence-electron chi connectivity index (χ4n) is 3.39. The summed E-state index contributed by atoms with van der Waals surface area (Å²) in [6.45, 7) is 9.84. The molecule has 20 heavy (non-hydrogen) atoms. The van der Waals surface area contributed by atoms with E-state index in [9.17, 15) is 4.79 Å². The van der Waals surface area contributed by atoms with E-state index in [1.54, 1.807) is 6.20 Å². The largest absolute Gasteiger partial charge is 0.360 e. The monoisotopic (exact) mass is 270 g/mol. The highest BCUT2D eigenvalue weighted by Crippen LogP contribution is 2.67. The summed E-state index contributed by atoms with van der Waals surface area (Å²) in [4.78, 5) is 15.5. The highest BCUT2D eigenvalue weighted by atomic mass is 16.1. The van der Waals surface area contributed by atoms with Crippen molar-refractivity contribution >= 4 is 16.8 Å². The number of nitrogens with one attached hydrogen (secondary N) is 2. The molecule has 1 saturated carbocycles. The minimum Gasteiger partial charge on any atom is -0.360 e. The molecule has 106 valence electrons. The molecule has 1 heterocycles. The van der Waals surface area contributed by atoms with Crippen molar-refractivity contribution in [3.63, 3.8) is 0 Å². The molecule has 0 radical (unpaired) electrons. The quantitative estimate of drug-likeness (QED) is 0.879. The van der Waals surface area contributed by atoms with Crippen molar-refractivity contribution < 1.29 is 4.79 Å². The van der Waals surface area contributed by atoms with Crippen molar-refractivity contribution in [1.82, 2.24) is 10.3 Å². The average molecular weight is 270 g/mol. The lowest BCUT2D eigenvalue weighted by atomic mass is 10.0. The van der Waals surface area contributed by atoms with Crippen LogP contribution in [0.1, 0.15) is 38.1 Å². The Morgan fingerprint density at radius 3 is 2.50 bits per heavy atom. The summed E-state index contributed by atoms with van der Waals surface area (Å²) in [6, 6.07) is 7.89. The van der Waals surface area contributed by atoms with Crippen LogP contribution in [0.5, 0.6) is 0 Å². The van der Waals surface area contributed by atoms with Crippen LogP contribution in [0.3, 0.4) is 0 Å². The van der Waals surface area contributed by atoms with Gasteiger partial charge in [-0.15, -0.1) is 0 Å². The van der Waals surface area contributed by atoms with E-state index in [1.165, 1.54) is 0 Å². The Bertz CT molecular complexity index is 652. The molecular formula is C17H22N2O. The number of aromatic amines is 1. The molecule has 1 aromatic carbocycles. The number of hydrogen-bond acceptors (Lipinski definition) is 1. The van der Waals surface area contributed by atoms with E-state index < -0.39 is 0 Å². The van der Waals surface area contributed by atoms with E-state index in [1.807, 2.05) is 24.3 Å². The van der Waals surface area contributed by atoms with Crippen molar-refractivity contribution in [3.05, 3.63) is 36.0 Å². The number of benzene rings is 1. The third-order valence-corrected chi connectivity index (χ3v) is 5.62. The Labute approximate surface area is 119 Å². The fourth-order valence-corrected chi connectivity index (χ4v) is 3.39.